The number of hydrogen-bond donors (Lipinski definition) is 1. The molecule has 0 aliphatic carbocycles. The highest BCUT2D eigenvalue weighted by Crippen LogP contribution is 2.33. The van der Waals surface area contributed by atoms with Gasteiger partial charge >= 0.3 is 5.97 Å². The van der Waals surface area contributed by atoms with Crippen molar-refractivity contribution in [1.82, 2.24) is 4.90 Å². The van der Waals surface area contributed by atoms with Crippen LogP contribution in [0.3, 0.4) is 0 Å². The third kappa shape index (κ3) is 3.83. The van der Waals surface area contributed by atoms with Crippen LogP contribution in [-0.2, 0) is 16.1 Å². The molecule has 4 nitrogen and oxygen atoms in total. The van der Waals surface area contributed by atoms with Gasteiger partial charge in [-0.3, -0.25) is 9.69 Å². The summed E-state index contributed by atoms with van der Waals surface area (Å²) in [5.41, 5.74) is 0.359. The second-order valence-corrected chi connectivity index (χ2v) is 5.85. The van der Waals surface area contributed by atoms with Crippen LogP contribution in [0, 0.1) is 5.92 Å². The normalized spacial score (nSPS) is 20.0. The van der Waals surface area contributed by atoms with Crippen molar-refractivity contribution in [2.75, 3.05) is 20.2 Å². The number of benzene rings is 1. The van der Waals surface area contributed by atoms with Gasteiger partial charge in [0.2, 0.25) is 0 Å². The van der Waals surface area contributed by atoms with Crippen LogP contribution in [0.1, 0.15) is 31.7 Å². The van der Waals surface area contributed by atoms with Crippen LogP contribution in [-0.4, -0.2) is 41.8 Å². The molecular formula is C17H25NO3. The summed E-state index contributed by atoms with van der Waals surface area (Å²) in [5, 5.41) is 10.8. The van der Waals surface area contributed by atoms with E-state index in [0.29, 0.717) is 19.3 Å². The van der Waals surface area contributed by atoms with Crippen LogP contribution < -0.4 is 0 Å². The zero-order chi connectivity index (χ0) is 15.3. The van der Waals surface area contributed by atoms with E-state index in [1.54, 1.807) is 0 Å². The average molecular weight is 291 g/mol. The minimum atomic E-state index is -0.922. The summed E-state index contributed by atoms with van der Waals surface area (Å²) in [6.45, 7) is 4.43. The SMILES string of the molecule is CCC(C(=O)OC)C1(O)CCN(Cc2ccccc2)CC1. The Bertz CT molecular complexity index is 452. The zero-order valence-corrected chi connectivity index (χ0v) is 12.9. The standard InChI is InChI=1S/C17H25NO3/c1-3-15(16(19)21-2)17(20)9-11-18(12-10-17)13-14-7-5-4-6-8-14/h4-8,15,20H,3,9-13H2,1-2H3. The van der Waals surface area contributed by atoms with Crippen LogP contribution in [0.4, 0.5) is 0 Å². The van der Waals surface area contributed by atoms with Gasteiger partial charge in [-0.1, -0.05) is 37.3 Å². The lowest BCUT2D eigenvalue weighted by molar-refractivity contribution is -0.160. The van der Waals surface area contributed by atoms with E-state index in [1.165, 1.54) is 12.7 Å². The van der Waals surface area contributed by atoms with Crippen molar-refractivity contribution < 1.29 is 14.6 Å². The Morgan fingerprint density at radius 2 is 1.95 bits per heavy atom. The highest BCUT2D eigenvalue weighted by atomic mass is 16.5. The van der Waals surface area contributed by atoms with E-state index < -0.39 is 11.5 Å². The molecule has 0 bridgehead atoms. The molecule has 0 spiro atoms. The second-order valence-electron chi connectivity index (χ2n) is 5.85. The van der Waals surface area contributed by atoms with Gasteiger partial charge in [0, 0.05) is 19.6 Å². The van der Waals surface area contributed by atoms with E-state index in [2.05, 4.69) is 17.0 Å². The smallest absolute Gasteiger partial charge is 0.311 e. The van der Waals surface area contributed by atoms with Gasteiger partial charge in [-0.15, -0.1) is 0 Å². The van der Waals surface area contributed by atoms with E-state index in [-0.39, 0.29) is 5.97 Å². The third-order valence-corrected chi connectivity index (χ3v) is 4.51. The molecule has 0 radical (unpaired) electrons. The first-order chi connectivity index (χ1) is 10.1. The number of ether oxygens (including phenoxy) is 1. The Labute approximate surface area is 126 Å². The van der Waals surface area contributed by atoms with Crippen LogP contribution in [0.15, 0.2) is 30.3 Å². The molecule has 4 heteroatoms. The highest BCUT2D eigenvalue weighted by Gasteiger charge is 2.43. The molecule has 1 atom stereocenters. The van der Waals surface area contributed by atoms with Gasteiger partial charge in [0.1, 0.15) is 0 Å². The van der Waals surface area contributed by atoms with Gasteiger partial charge in [0.05, 0.1) is 18.6 Å². The Hall–Kier alpha value is -1.39. The van der Waals surface area contributed by atoms with E-state index in [1.807, 2.05) is 25.1 Å². The van der Waals surface area contributed by atoms with Gasteiger partial charge in [-0.2, -0.15) is 0 Å². The molecule has 0 aromatic heterocycles. The van der Waals surface area contributed by atoms with E-state index >= 15 is 0 Å². The molecule has 21 heavy (non-hydrogen) atoms. The van der Waals surface area contributed by atoms with Crippen LogP contribution in [0.2, 0.25) is 0 Å². The maximum absolute atomic E-state index is 11.8. The maximum atomic E-state index is 11.8. The molecule has 1 heterocycles. The molecule has 2 rings (SSSR count). The maximum Gasteiger partial charge on any atom is 0.311 e. The third-order valence-electron chi connectivity index (χ3n) is 4.51. The Morgan fingerprint density at radius 1 is 1.33 bits per heavy atom. The predicted octanol–water partition coefficient (Wildman–Crippen LogP) is 2.21. The number of nitrogens with zero attached hydrogens (tertiary/aromatic N) is 1. The quantitative estimate of drug-likeness (QED) is 0.845. The number of methoxy groups -OCH3 is 1. The number of hydrogen-bond acceptors (Lipinski definition) is 4. The first-order valence-corrected chi connectivity index (χ1v) is 7.65. The molecule has 0 saturated carbocycles. The van der Waals surface area contributed by atoms with Crippen molar-refractivity contribution in [3.63, 3.8) is 0 Å². The lowest BCUT2D eigenvalue weighted by Crippen LogP contribution is -2.51. The Morgan fingerprint density at radius 3 is 2.48 bits per heavy atom. The van der Waals surface area contributed by atoms with E-state index in [0.717, 1.165) is 19.6 Å². The van der Waals surface area contributed by atoms with Crippen LogP contribution in [0.25, 0.3) is 0 Å². The fourth-order valence-electron chi connectivity index (χ4n) is 3.20. The average Bonchev–Trinajstić information content (AvgIpc) is 2.51. The van der Waals surface area contributed by atoms with Gasteiger partial charge in [-0.05, 0) is 24.8 Å². The molecule has 116 valence electrons. The topological polar surface area (TPSA) is 49.8 Å². The van der Waals surface area contributed by atoms with Crippen molar-refractivity contribution in [2.45, 2.75) is 38.3 Å². The first-order valence-electron chi connectivity index (χ1n) is 7.65. The molecule has 1 fully saturated rings. The number of esters is 1. The van der Waals surface area contributed by atoms with Crippen molar-refractivity contribution >= 4 is 5.97 Å². The summed E-state index contributed by atoms with van der Waals surface area (Å²) in [7, 11) is 1.39. The summed E-state index contributed by atoms with van der Waals surface area (Å²) in [5.74, 6) is -0.710. The van der Waals surface area contributed by atoms with Gasteiger partial charge in [0.25, 0.3) is 0 Å². The van der Waals surface area contributed by atoms with Gasteiger partial charge in [-0.25, -0.2) is 0 Å². The molecule has 1 aromatic carbocycles. The molecule has 1 aliphatic rings. The summed E-state index contributed by atoms with van der Waals surface area (Å²) in [4.78, 5) is 14.2. The van der Waals surface area contributed by atoms with Crippen molar-refractivity contribution in [3.8, 4) is 0 Å². The number of carbonyl (C=O) groups excluding carboxylic acids is 1. The van der Waals surface area contributed by atoms with E-state index in [9.17, 15) is 9.90 Å². The van der Waals surface area contributed by atoms with Crippen molar-refractivity contribution in [1.29, 1.82) is 0 Å². The summed E-state index contributed by atoms with van der Waals surface area (Å²) < 4.78 is 4.83. The fourth-order valence-corrected chi connectivity index (χ4v) is 3.20. The second kappa shape index (κ2) is 7.05. The summed E-state index contributed by atoms with van der Waals surface area (Å²) in [6, 6.07) is 10.3. The van der Waals surface area contributed by atoms with Crippen LogP contribution in [0.5, 0.6) is 0 Å². The minimum Gasteiger partial charge on any atom is -0.469 e. The number of piperidine rings is 1. The number of aliphatic hydroxyl groups is 1. The van der Waals surface area contributed by atoms with Crippen molar-refractivity contribution in [3.05, 3.63) is 35.9 Å². The molecule has 0 amide bonds. The van der Waals surface area contributed by atoms with Crippen LogP contribution >= 0.6 is 0 Å². The summed E-state index contributed by atoms with van der Waals surface area (Å²) in [6.07, 6.45) is 1.85. The first kappa shape index (κ1) is 16.0. The largest absolute Gasteiger partial charge is 0.469 e. The van der Waals surface area contributed by atoms with Crippen molar-refractivity contribution in [2.24, 2.45) is 5.92 Å². The molecule has 1 aromatic rings. The number of likely N-dealkylation sites (tertiary alicyclic amines) is 1. The lowest BCUT2D eigenvalue weighted by Gasteiger charge is -2.41. The van der Waals surface area contributed by atoms with Gasteiger partial charge < -0.3 is 9.84 Å². The monoisotopic (exact) mass is 291 g/mol. The number of rotatable bonds is 5. The molecule has 1 N–H and O–H groups in total. The lowest BCUT2D eigenvalue weighted by atomic mass is 9.78. The molecule has 1 saturated heterocycles. The Balaban J connectivity index is 1.94. The molecular weight excluding hydrogens is 266 g/mol. The van der Waals surface area contributed by atoms with E-state index in [4.69, 9.17) is 4.74 Å². The highest BCUT2D eigenvalue weighted by molar-refractivity contribution is 5.73. The Kier molecular flexibility index (Phi) is 5.37. The molecule has 1 aliphatic heterocycles. The number of carbonyl (C=O) groups is 1. The zero-order valence-electron chi connectivity index (χ0n) is 12.9. The summed E-state index contributed by atoms with van der Waals surface area (Å²) >= 11 is 0. The predicted molar refractivity (Wildman–Crippen MR) is 81.7 cm³/mol. The van der Waals surface area contributed by atoms with Gasteiger partial charge in [0.15, 0.2) is 0 Å². The minimum absolute atomic E-state index is 0.295. The molecule has 1 unspecified atom stereocenters. The fraction of sp³-hybridized carbons (Fsp3) is 0.588.